The lowest BCUT2D eigenvalue weighted by atomic mass is 10.2. The smallest absolute Gasteiger partial charge is 0.243 e. The Morgan fingerprint density at radius 2 is 1.76 bits per heavy atom. The van der Waals surface area contributed by atoms with E-state index in [0.29, 0.717) is 0 Å². The summed E-state index contributed by atoms with van der Waals surface area (Å²) in [6.07, 6.45) is 0. The molecule has 112 valence electrons. The Labute approximate surface area is 124 Å². The second kappa shape index (κ2) is 6.34. The Bertz CT molecular complexity index is 715. The molecule has 21 heavy (non-hydrogen) atoms. The van der Waals surface area contributed by atoms with Crippen molar-refractivity contribution in [2.75, 3.05) is 7.05 Å². The molecule has 2 aromatic rings. The summed E-state index contributed by atoms with van der Waals surface area (Å²) in [5.41, 5.74) is 7.01. The number of hydrogen-bond acceptors (Lipinski definition) is 3. The quantitative estimate of drug-likeness (QED) is 0.920. The highest BCUT2D eigenvalue weighted by Crippen LogP contribution is 2.18. The van der Waals surface area contributed by atoms with Crippen molar-refractivity contribution in [3.63, 3.8) is 0 Å². The summed E-state index contributed by atoms with van der Waals surface area (Å²) in [6, 6.07) is 12.3. The fourth-order valence-electron chi connectivity index (χ4n) is 1.94. The zero-order valence-electron chi connectivity index (χ0n) is 11.7. The number of benzene rings is 2. The summed E-state index contributed by atoms with van der Waals surface area (Å²) in [6.45, 7) is 0.459. The number of nitrogens with zero attached hydrogens (tertiary/aromatic N) is 1. The third-order valence-corrected chi connectivity index (χ3v) is 4.96. The van der Waals surface area contributed by atoms with Gasteiger partial charge < -0.3 is 5.73 Å². The van der Waals surface area contributed by atoms with Gasteiger partial charge in [0.05, 0.1) is 4.90 Å². The summed E-state index contributed by atoms with van der Waals surface area (Å²) in [5, 5.41) is 0. The van der Waals surface area contributed by atoms with E-state index in [2.05, 4.69) is 0 Å². The molecule has 2 aromatic carbocycles. The van der Waals surface area contributed by atoms with E-state index in [1.807, 2.05) is 0 Å². The highest BCUT2D eigenvalue weighted by atomic mass is 32.2. The molecule has 0 saturated carbocycles. The average Bonchev–Trinajstić information content (AvgIpc) is 2.49. The Morgan fingerprint density at radius 1 is 1.10 bits per heavy atom. The van der Waals surface area contributed by atoms with Crippen LogP contribution in [0.4, 0.5) is 4.39 Å². The van der Waals surface area contributed by atoms with Crippen molar-refractivity contribution in [1.82, 2.24) is 4.31 Å². The molecule has 0 aromatic heterocycles. The lowest BCUT2D eigenvalue weighted by Crippen LogP contribution is -2.26. The molecule has 6 heteroatoms. The summed E-state index contributed by atoms with van der Waals surface area (Å²) in [7, 11) is -2.10. The molecule has 2 N–H and O–H groups in total. The molecule has 0 aliphatic heterocycles. The first-order valence-corrected chi connectivity index (χ1v) is 7.87. The normalized spacial score (nSPS) is 11.8. The van der Waals surface area contributed by atoms with Crippen LogP contribution in [0.2, 0.25) is 0 Å². The van der Waals surface area contributed by atoms with Crippen molar-refractivity contribution >= 4 is 10.0 Å². The van der Waals surface area contributed by atoms with Crippen molar-refractivity contribution in [2.24, 2.45) is 5.73 Å². The van der Waals surface area contributed by atoms with E-state index in [0.717, 1.165) is 11.1 Å². The van der Waals surface area contributed by atoms with Crippen LogP contribution < -0.4 is 5.73 Å². The maximum Gasteiger partial charge on any atom is 0.243 e. The van der Waals surface area contributed by atoms with Crippen molar-refractivity contribution in [1.29, 1.82) is 0 Å². The molecule has 0 aliphatic rings. The summed E-state index contributed by atoms with van der Waals surface area (Å²) in [4.78, 5) is 0.204. The van der Waals surface area contributed by atoms with Gasteiger partial charge >= 0.3 is 0 Å². The van der Waals surface area contributed by atoms with Gasteiger partial charge in [0, 0.05) is 20.1 Å². The van der Waals surface area contributed by atoms with Gasteiger partial charge in [0.15, 0.2) is 0 Å². The van der Waals surface area contributed by atoms with E-state index in [4.69, 9.17) is 5.73 Å². The fraction of sp³-hybridized carbons (Fsp3) is 0.200. The highest BCUT2D eigenvalue weighted by Gasteiger charge is 2.21. The highest BCUT2D eigenvalue weighted by molar-refractivity contribution is 7.89. The van der Waals surface area contributed by atoms with E-state index < -0.39 is 10.0 Å². The molecule has 0 saturated heterocycles. The molecule has 4 nitrogen and oxygen atoms in total. The van der Waals surface area contributed by atoms with Gasteiger partial charge in [-0.25, -0.2) is 12.8 Å². The van der Waals surface area contributed by atoms with Crippen LogP contribution in [0.5, 0.6) is 0 Å². The molecule has 0 spiro atoms. The first-order valence-electron chi connectivity index (χ1n) is 6.43. The van der Waals surface area contributed by atoms with Crippen LogP contribution in [0.15, 0.2) is 53.4 Å². The van der Waals surface area contributed by atoms with E-state index in [1.54, 1.807) is 30.3 Å². The van der Waals surface area contributed by atoms with E-state index in [-0.39, 0.29) is 23.8 Å². The van der Waals surface area contributed by atoms with Crippen LogP contribution >= 0.6 is 0 Å². The van der Waals surface area contributed by atoms with E-state index in [1.165, 1.54) is 29.6 Å². The summed E-state index contributed by atoms with van der Waals surface area (Å²) >= 11 is 0. The minimum atomic E-state index is -3.60. The number of hydrogen-bond donors (Lipinski definition) is 1. The zero-order valence-corrected chi connectivity index (χ0v) is 12.5. The third-order valence-electron chi connectivity index (χ3n) is 3.16. The maximum atomic E-state index is 12.9. The minimum Gasteiger partial charge on any atom is -0.326 e. The van der Waals surface area contributed by atoms with Crippen molar-refractivity contribution < 1.29 is 12.8 Å². The van der Waals surface area contributed by atoms with Crippen molar-refractivity contribution in [3.05, 3.63) is 65.5 Å². The standard InChI is InChI=1S/C15H17FN2O2S/c1-18(11-12-5-7-14(16)8-6-12)21(19,20)15-4-2-3-13(9-15)10-17/h2-9H,10-11,17H2,1H3. The van der Waals surface area contributed by atoms with E-state index >= 15 is 0 Å². The van der Waals surface area contributed by atoms with Gasteiger partial charge in [0.2, 0.25) is 10.0 Å². The lowest BCUT2D eigenvalue weighted by Gasteiger charge is -2.17. The van der Waals surface area contributed by atoms with Crippen molar-refractivity contribution in [2.45, 2.75) is 18.0 Å². The Hall–Kier alpha value is -1.76. The van der Waals surface area contributed by atoms with Crippen LogP contribution in [0.3, 0.4) is 0 Å². The Morgan fingerprint density at radius 3 is 2.38 bits per heavy atom. The largest absolute Gasteiger partial charge is 0.326 e. The first-order chi connectivity index (χ1) is 9.93. The molecule has 0 bridgehead atoms. The summed E-state index contributed by atoms with van der Waals surface area (Å²) in [5.74, 6) is -0.347. The molecular formula is C15H17FN2O2S. The number of sulfonamides is 1. The average molecular weight is 308 g/mol. The number of rotatable bonds is 5. The third kappa shape index (κ3) is 3.66. The zero-order chi connectivity index (χ0) is 15.5. The summed E-state index contributed by atoms with van der Waals surface area (Å²) < 4.78 is 39.1. The fourth-order valence-corrected chi connectivity index (χ4v) is 3.17. The van der Waals surface area contributed by atoms with Gasteiger partial charge in [-0.1, -0.05) is 24.3 Å². The second-order valence-electron chi connectivity index (χ2n) is 4.74. The predicted octanol–water partition coefficient (Wildman–Crippen LogP) is 2.11. The molecular weight excluding hydrogens is 291 g/mol. The van der Waals surface area contributed by atoms with Gasteiger partial charge in [-0.05, 0) is 35.4 Å². The van der Waals surface area contributed by atoms with Gasteiger partial charge in [-0.3, -0.25) is 0 Å². The molecule has 0 heterocycles. The molecule has 0 radical (unpaired) electrons. The van der Waals surface area contributed by atoms with Crippen LogP contribution in [0.1, 0.15) is 11.1 Å². The molecule has 2 rings (SSSR count). The lowest BCUT2D eigenvalue weighted by molar-refractivity contribution is 0.466. The van der Waals surface area contributed by atoms with Gasteiger partial charge in [0.1, 0.15) is 5.82 Å². The van der Waals surface area contributed by atoms with Crippen LogP contribution in [0, 0.1) is 5.82 Å². The first kappa shape index (κ1) is 15.6. The van der Waals surface area contributed by atoms with Crippen LogP contribution in [-0.2, 0) is 23.1 Å². The van der Waals surface area contributed by atoms with Crippen LogP contribution in [-0.4, -0.2) is 19.8 Å². The van der Waals surface area contributed by atoms with Gasteiger partial charge in [0.25, 0.3) is 0 Å². The molecule has 0 unspecified atom stereocenters. The van der Waals surface area contributed by atoms with Gasteiger partial charge in [-0.15, -0.1) is 0 Å². The van der Waals surface area contributed by atoms with Gasteiger partial charge in [-0.2, -0.15) is 4.31 Å². The SMILES string of the molecule is CN(Cc1ccc(F)cc1)S(=O)(=O)c1cccc(CN)c1. The Kier molecular flexibility index (Phi) is 4.72. The predicted molar refractivity (Wildman–Crippen MR) is 79.4 cm³/mol. The molecule has 0 atom stereocenters. The molecule has 0 amide bonds. The maximum absolute atomic E-state index is 12.9. The topological polar surface area (TPSA) is 63.4 Å². The number of halogens is 1. The molecule has 0 fully saturated rings. The second-order valence-corrected chi connectivity index (χ2v) is 6.78. The van der Waals surface area contributed by atoms with Crippen LogP contribution in [0.25, 0.3) is 0 Å². The van der Waals surface area contributed by atoms with E-state index in [9.17, 15) is 12.8 Å². The van der Waals surface area contributed by atoms with Crippen molar-refractivity contribution in [3.8, 4) is 0 Å². The molecule has 0 aliphatic carbocycles. The minimum absolute atomic E-state index is 0.176. The Balaban J connectivity index is 2.23. The monoisotopic (exact) mass is 308 g/mol. The number of nitrogens with two attached hydrogens (primary N) is 1.